The fraction of sp³-hybridized carbons (Fsp3) is 0.471. The van der Waals surface area contributed by atoms with E-state index in [2.05, 4.69) is 36.6 Å². The van der Waals surface area contributed by atoms with Crippen molar-refractivity contribution in [1.82, 2.24) is 9.97 Å². The summed E-state index contributed by atoms with van der Waals surface area (Å²) < 4.78 is 0. The van der Waals surface area contributed by atoms with E-state index in [1.165, 1.54) is 70.3 Å². The molecule has 4 nitrogen and oxygen atoms in total. The molecule has 210 valence electrons. The summed E-state index contributed by atoms with van der Waals surface area (Å²) in [5, 5.41) is 11.5. The maximum absolute atomic E-state index is 6.31. The summed E-state index contributed by atoms with van der Waals surface area (Å²) in [6.45, 7) is 6.68. The van der Waals surface area contributed by atoms with Gasteiger partial charge in [0.15, 0.2) is 0 Å². The average molecular weight is 576 g/mol. The van der Waals surface area contributed by atoms with E-state index in [1.807, 2.05) is 24.3 Å². The monoisotopic (exact) mass is 574 g/mol. The second-order valence-electron chi connectivity index (χ2n) is 12.1. The van der Waals surface area contributed by atoms with Gasteiger partial charge in [0.05, 0.1) is 11.0 Å². The third kappa shape index (κ3) is 5.90. The number of unbranched alkanes of at least 4 members (excludes halogenated alkanes) is 3. The summed E-state index contributed by atoms with van der Waals surface area (Å²) in [5.74, 6) is 1.41. The van der Waals surface area contributed by atoms with Crippen molar-refractivity contribution in [2.45, 2.75) is 78.1 Å². The van der Waals surface area contributed by atoms with Gasteiger partial charge in [0.25, 0.3) is 0 Å². The van der Waals surface area contributed by atoms with Crippen molar-refractivity contribution in [2.75, 3.05) is 23.7 Å². The summed E-state index contributed by atoms with van der Waals surface area (Å²) in [4.78, 5) is 9.97. The van der Waals surface area contributed by atoms with Crippen molar-refractivity contribution in [3.05, 3.63) is 69.0 Å². The van der Waals surface area contributed by atoms with Crippen molar-refractivity contribution in [2.24, 2.45) is 11.8 Å². The van der Waals surface area contributed by atoms with Gasteiger partial charge in [-0.25, -0.2) is 0 Å². The zero-order valence-corrected chi connectivity index (χ0v) is 25.3. The quantitative estimate of drug-likeness (QED) is 0.195. The van der Waals surface area contributed by atoms with E-state index in [9.17, 15) is 0 Å². The van der Waals surface area contributed by atoms with E-state index in [1.54, 1.807) is 0 Å². The molecule has 2 unspecified atom stereocenters. The van der Waals surface area contributed by atoms with Crippen LogP contribution in [0.3, 0.4) is 0 Å². The Morgan fingerprint density at radius 3 is 1.57 bits per heavy atom. The minimum absolute atomic E-state index is 0.704. The van der Waals surface area contributed by atoms with Crippen LogP contribution >= 0.6 is 23.2 Å². The Morgan fingerprint density at radius 1 is 0.675 bits per heavy atom. The van der Waals surface area contributed by atoms with Crippen LogP contribution in [0.4, 0.5) is 11.4 Å². The van der Waals surface area contributed by atoms with E-state index in [0.29, 0.717) is 11.8 Å². The minimum atomic E-state index is 0.704. The highest BCUT2D eigenvalue weighted by atomic mass is 35.5. The molecule has 4 aromatic rings. The molecule has 6 rings (SSSR count). The van der Waals surface area contributed by atoms with Crippen molar-refractivity contribution >= 4 is 56.4 Å². The smallest absolute Gasteiger partial charge is 0.0741 e. The molecule has 2 aromatic heterocycles. The lowest BCUT2D eigenvalue weighted by molar-refractivity contribution is 0.496. The molecule has 0 saturated carbocycles. The van der Waals surface area contributed by atoms with Crippen LogP contribution in [0.1, 0.15) is 74.9 Å². The maximum Gasteiger partial charge on any atom is 0.0741 e. The topological polar surface area (TPSA) is 49.8 Å². The van der Waals surface area contributed by atoms with Crippen LogP contribution in [0.5, 0.6) is 0 Å². The molecule has 0 bridgehead atoms. The molecule has 2 atom stereocenters. The van der Waals surface area contributed by atoms with Gasteiger partial charge in [0.1, 0.15) is 0 Å². The number of nitrogens with zero attached hydrogens (tertiary/aromatic N) is 2. The first-order valence-electron chi connectivity index (χ1n) is 15.2. The number of benzene rings is 2. The zero-order chi connectivity index (χ0) is 27.6. The maximum atomic E-state index is 6.31. The SMILES string of the molecule is CC1CCc2nc3cc(Cl)ccc3c(NCCCCCCNc3c4c(nc5cc(Cl)ccc35)CCC(C)C4)c2C1. The predicted octanol–water partition coefficient (Wildman–Crippen LogP) is 9.42. The number of halogens is 2. The highest BCUT2D eigenvalue weighted by Crippen LogP contribution is 2.37. The average Bonchev–Trinajstić information content (AvgIpc) is 2.93. The number of rotatable bonds is 9. The number of hydrogen-bond donors (Lipinski definition) is 2. The van der Waals surface area contributed by atoms with E-state index in [-0.39, 0.29) is 0 Å². The van der Waals surface area contributed by atoms with Crippen LogP contribution in [0, 0.1) is 11.8 Å². The molecule has 2 aromatic carbocycles. The number of fused-ring (bicyclic) bond motifs is 4. The number of anilines is 2. The molecular formula is C34H40Cl2N4. The molecule has 0 radical (unpaired) electrons. The van der Waals surface area contributed by atoms with Crippen molar-refractivity contribution in [3.63, 3.8) is 0 Å². The second-order valence-corrected chi connectivity index (χ2v) is 13.0. The van der Waals surface area contributed by atoms with Gasteiger partial charge in [-0.15, -0.1) is 0 Å². The Balaban J connectivity index is 1.05. The Morgan fingerprint density at radius 2 is 1.12 bits per heavy atom. The van der Waals surface area contributed by atoms with Crippen molar-refractivity contribution in [1.29, 1.82) is 0 Å². The van der Waals surface area contributed by atoms with E-state index >= 15 is 0 Å². The van der Waals surface area contributed by atoms with Crippen LogP contribution in [-0.4, -0.2) is 23.1 Å². The van der Waals surface area contributed by atoms with Crippen molar-refractivity contribution in [3.8, 4) is 0 Å². The minimum Gasteiger partial charge on any atom is -0.384 e. The van der Waals surface area contributed by atoms with Crippen molar-refractivity contribution < 1.29 is 0 Å². The van der Waals surface area contributed by atoms with Crippen LogP contribution in [0.15, 0.2) is 36.4 Å². The summed E-state index contributed by atoms with van der Waals surface area (Å²) in [6, 6.07) is 12.3. The van der Waals surface area contributed by atoms with Gasteiger partial charge in [-0.1, -0.05) is 49.9 Å². The van der Waals surface area contributed by atoms with Gasteiger partial charge in [-0.05, 0) is 111 Å². The number of aromatic nitrogens is 2. The Bertz CT molecular complexity index is 1420. The third-order valence-electron chi connectivity index (χ3n) is 8.83. The normalized spacial score (nSPS) is 18.5. The number of pyridine rings is 2. The molecule has 2 aliphatic rings. The lowest BCUT2D eigenvalue weighted by Gasteiger charge is -2.25. The molecular weight excluding hydrogens is 535 g/mol. The first-order valence-corrected chi connectivity index (χ1v) is 15.9. The van der Waals surface area contributed by atoms with Gasteiger partial charge in [-0.2, -0.15) is 0 Å². The van der Waals surface area contributed by atoms with Crippen LogP contribution in [0.25, 0.3) is 21.8 Å². The van der Waals surface area contributed by atoms with Crippen LogP contribution in [0.2, 0.25) is 10.0 Å². The number of nitrogens with one attached hydrogen (secondary N) is 2. The van der Waals surface area contributed by atoms with E-state index < -0.39 is 0 Å². The highest BCUT2D eigenvalue weighted by Gasteiger charge is 2.23. The first-order chi connectivity index (χ1) is 19.5. The van der Waals surface area contributed by atoms with Crippen LogP contribution in [-0.2, 0) is 25.7 Å². The molecule has 0 saturated heterocycles. The fourth-order valence-electron chi connectivity index (χ4n) is 6.61. The van der Waals surface area contributed by atoms with Gasteiger partial charge in [-0.3, -0.25) is 9.97 Å². The summed E-state index contributed by atoms with van der Waals surface area (Å²) in [6.07, 6.45) is 11.5. The summed E-state index contributed by atoms with van der Waals surface area (Å²) in [5.41, 5.74) is 9.94. The Kier molecular flexibility index (Phi) is 8.37. The summed E-state index contributed by atoms with van der Waals surface area (Å²) >= 11 is 12.6. The molecule has 2 N–H and O–H groups in total. The lowest BCUT2D eigenvalue weighted by atomic mass is 9.86. The van der Waals surface area contributed by atoms with E-state index in [4.69, 9.17) is 33.2 Å². The third-order valence-corrected chi connectivity index (χ3v) is 9.30. The molecule has 2 aliphatic carbocycles. The zero-order valence-electron chi connectivity index (χ0n) is 23.8. The molecule has 0 fully saturated rings. The number of hydrogen-bond acceptors (Lipinski definition) is 4. The predicted molar refractivity (Wildman–Crippen MR) is 171 cm³/mol. The first kappa shape index (κ1) is 27.6. The standard InChI is InChI=1S/C34H40Cl2N4/c1-21-7-13-29-27(17-21)33(25-11-9-23(35)19-31(25)39-29)37-15-5-3-4-6-16-38-34-26-12-10-24(36)20-32(26)40-30-14-8-22(2)18-28(30)34/h9-12,19-22H,3-8,13-18H2,1-2H3,(H,37,39)(H,38,40). The van der Waals surface area contributed by atoms with Gasteiger partial charge >= 0.3 is 0 Å². The van der Waals surface area contributed by atoms with Gasteiger partial charge in [0, 0.05) is 56.7 Å². The second kappa shape index (κ2) is 12.1. The molecule has 0 aliphatic heterocycles. The van der Waals surface area contributed by atoms with Gasteiger partial charge < -0.3 is 10.6 Å². The fourth-order valence-corrected chi connectivity index (χ4v) is 6.94. The largest absolute Gasteiger partial charge is 0.384 e. The number of aryl methyl sites for hydroxylation is 2. The highest BCUT2D eigenvalue weighted by molar-refractivity contribution is 6.31. The molecule has 2 heterocycles. The summed E-state index contributed by atoms with van der Waals surface area (Å²) in [7, 11) is 0. The lowest BCUT2D eigenvalue weighted by Crippen LogP contribution is -2.17. The Hall–Kier alpha value is -2.56. The molecule has 0 amide bonds. The van der Waals surface area contributed by atoms with Crippen LogP contribution < -0.4 is 10.6 Å². The van der Waals surface area contributed by atoms with E-state index in [0.717, 1.165) is 72.7 Å². The van der Waals surface area contributed by atoms with Gasteiger partial charge in [0.2, 0.25) is 0 Å². The Labute approximate surface area is 248 Å². The molecule has 40 heavy (non-hydrogen) atoms. The molecule has 0 spiro atoms. The molecule has 6 heteroatoms.